The third kappa shape index (κ3) is 4.39. The van der Waals surface area contributed by atoms with Crippen molar-refractivity contribution < 1.29 is 12.8 Å². The maximum atomic E-state index is 13.9. The first-order valence-electron chi connectivity index (χ1n) is 6.55. The van der Waals surface area contributed by atoms with Crippen molar-refractivity contribution in [2.24, 2.45) is 5.92 Å². The molecule has 1 N–H and O–H groups in total. The third-order valence-corrected chi connectivity index (χ3v) is 6.00. The van der Waals surface area contributed by atoms with E-state index in [-0.39, 0.29) is 17.3 Å². The lowest BCUT2D eigenvalue weighted by Crippen LogP contribution is -2.40. The van der Waals surface area contributed by atoms with E-state index in [4.69, 9.17) is 0 Å². The fourth-order valence-corrected chi connectivity index (χ4v) is 4.31. The first-order chi connectivity index (χ1) is 9.45. The van der Waals surface area contributed by atoms with Gasteiger partial charge >= 0.3 is 0 Å². The Bertz CT molecular complexity index is 578. The minimum Gasteiger partial charge on any atom is -0.319 e. The second-order valence-corrected chi connectivity index (χ2v) is 7.80. The maximum absolute atomic E-state index is 13.9. The van der Waals surface area contributed by atoms with Crippen LogP contribution in [0, 0.1) is 11.7 Å². The Morgan fingerprint density at radius 1 is 1.38 bits per heavy atom. The first-order valence-corrected chi connectivity index (χ1v) is 8.78. The molecule has 0 atom stereocenters. The van der Waals surface area contributed by atoms with Gasteiger partial charge in [0.25, 0.3) is 0 Å². The summed E-state index contributed by atoms with van der Waals surface area (Å²) in [7, 11) is -1.84. The van der Waals surface area contributed by atoms with Crippen LogP contribution < -0.4 is 5.32 Å². The van der Waals surface area contributed by atoms with E-state index in [0.717, 1.165) is 19.4 Å². The third-order valence-electron chi connectivity index (χ3n) is 3.58. The average Bonchev–Trinajstić information content (AvgIpc) is 2.39. The standard InChI is InChI=1S/C13H18BrFN2O2S.ClH/c1-16-9-10-4-6-17(7-5-10)20(18,19)13-3-2-11(14)8-12(13)15;/h2-3,8,10,16H,4-7,9H2,1H3;1H. The molecule has 0 unspecified atom stereocenters. The number of sulfonamides is 1. The highest BCUT2D eigenvalue weighted by atomic mass is 79.9. The van der Waals surface area contributed by atoms with Gasteiger partial charge in [-0.25, -0.2) is 12.8 Å². The Kier molecular flexibility index (Phi) is 7.06. The summed E-state index contributed by atoms with van der Waals surface area (Å²) in [5.41, 5.74) is 0. The number of hydrogen-bond donors (Lipinski definition) is 1. The summed E-state index contributed by atoms with van der Waals surface area (Å²) in [6, 6.07) is 4.04. The lowest BCUT2D eigenvalue weighted by molar-refractivity contribution is 0.270. The van der Waals surface area contributed by atoms with Gasteiger partial charge in [-0.05, 0) is 50.6 Å². The first kappa shape index (κ1) is 18.8. The van der Waals surface area contributed by atoms with Crippen LogP contribution in [0.3, 0.4) is 0 Å². The highest BCUT2D eigenvalue weighted by Gasteiger charge is 2.31. The highest BCUT2D eigenvalue weighted by molar-refractivity contribution is 9.10. The number of nitrogens with one attached hydrogen (secondary N) is 1. The molecule has 21 heavy (non-hydrogen) atoms. The lowest BCUT2D eigenvalue weighted by Gasteiger charge is -2.31. The van der Waals surface area contributed by atoms with Gasteiger partial charge in [0, 0.05) is 17.6 Å². The molecule has 1 saturated heterocycles. The van der Waals surface area contributed by atoms with Crippen molar-refractivity contribution in [3.8, 4) is 0 Å². The summed E-state index contributed by atoms with van der Waals surface area (Å²) >= 11 is 3.13. The highest BCUT2D eigenvalue weighted by Crippen LogP contribution is 2.26. The van der Waals surface area contributed by atoms with Crippen LogP contribution in [-0.4, -0.2) is 39.4 Å². The Labute approximate surface area is 139 Å². The summed E-state index contributed by atoms with van der Waals surface area (Å²) < 4.78 is 40.6. The van der Waals surface area contributed by atoms with E-state index in [0.29, 0.717) is 23.5 Å². The van der Waals surface area contributed by atoms with Crippen LogP contribution in [0.1, 0.15) is 12.8 Å². The molecule has 2 rings (SSSR count). The molecular formula is C13H19BrClFN2O2S. The number of benzene rings is 1. The van der Waals surface area contributed by atoms with E-state index in [9.17, 15) is 12.8 Å². The normalized spacial score (nSPS) is 17.5. The largest absolute Gasteiger partial charge is 0.319 e. The van der Waals surface area contributed by atoms with E-state index >= 15 is 0 Å². The molecule has 0 saturated carbocycles. The van der Waals surface area contributed by atoms with Crippen molar-refractivity contribution in [3.05, 3.63) is 28.5 Å². The zero-order chi connectivity index (χ0) is 14.8. The van der Waals surface area contributed by atoms with Crippen LogP contribution in [0.15, 0.2) is 27.6 Å². The van der Waals surface area contributed by atoms with Gasteiger partial charge in [0.05, 0.1) is 0 Å². The Balaban J connectivity index is 0.00000220. The van der Waals surface area contributed by atoms with Crippen molar-refractivity contribution >= 4 is 38.4 Å². The van der Waals surface area contributed by atoms with E-state index in [1.807, 2.05) is 7.05 Å². The predicted molar refractivity (Wildman–Crippen MR) is 86.8 cm³/mol. The van der Waals surface area contributed by atoms with Gasteiger partial charge in [-0.3, -0.25) is 0 Å². The zero-order valence-corrected chi connectivity index (χ0v) is 14.9. The van der Waals surface area contributed by atoms with Crippen molar-refractivity contribution in [2.75, 3.05) is 26.7 Å². The van der Waals surface area contributed by atoms with Crippen molar-refractivity contribution in [2.45, 2.75) is 17.7 Å². The fraction of sp³-hybridized carbons (Fsp3) is 0.538. The summed E-state index contributed by atoms with van der Waals surface area (Å²) in [5, 5.41) is 3.10. The van der Waals surface area contributed by atoms with Crippen LogP contribution in [-0.2, 0) is 10.0 Å². The SMILES string of the molecule is CNCC1CCN(S(=O)(=O)c2ccc(Br)cc2F)CC1.Cl. The molecule has 120 valence electrons. The summed E-state index contributed by atoms with van der Waals surface area (Å²) in [6.07, 6.45) is 1.61. The minimum atomic E-state index is -3.73. The molecule has 0 aliphatic carbocycles. The van der Waals surface area contributed by atoms with Gasteiger partial charge in [-0.1, -0.05) is 15.9 Å². The molecule has 0 amide bonds. The van der Waals surface area contributed by atoms with Crippen LogP contribution in [0.5, 0.6) is 0 Å². The van der Waals surface area contributed by atoms with Crippen LogP contribution >= 0.6 is 28.3 Å². The number of nitrogens with zero attached hydrogens (tertiary/aromatic N) is 1. The molecule has 4 nitrogen and oxygen atoms in total. The van der Waals surface area contributed by atoms with Gasteiger partial charge < -0.3 is 5.32 Å². The maximum Gasteiger partial charge on any atom is 0.245 e. The minimum absolute atomic E-state index is 0. The van der Waals surface area contributed by atoms with Crippen LogP contribution in [0.4, 0.5) is 4.39 Å². The van der Waals surface area contributed by atoms with E-state index in [2.05, 4.69) is 21.2 Å². The van der Waals surface area contributed by atoms with Gasteiger partial charge in [0.1, 0.15) is 10.7 Å². The molecule has 1 aliphatic rings. The number of rotatable bonds is 4. The molecule has 0 radical (unpaired) electrons. The molecule has 8 heteroatoms. The topological polar surface area (TPSA) is 49.4 Å². The Morgan fingerprint density at radius 2 is 2.00 bits per heavy atom. The van der Waals surface area contributed by atoms with Gasteiger partial charge in [-0.15, -0.1) is 12.4 Å². The quantitative estimate of drug-likeness (QED) is 0.844. The van der Waals surface area contributed by atoms with Gasteiger partial charge in [0.15, 0.2) is 0 Å². The van der Waals surface area contributed by atoms with Crippen LogP contribution in [0.2, 0.25) is 0 Å². The smallest absolute Gasteiger partial charge is 0.245 e. The lowest BCUT2D eigenvalue weighted by atomic mass is 9.98. The van der Waals surface area contributed by atoms with E-state index in [1.165, 1.54) is 16.4 Å². The molecule has 1 fully saturated rings. The predicted octanol–water partition coefficient (Wildman–Crippen LogP) is 2.63. The van der Waals surface area contributed by atoms with Gasteiger partial charge in [0.2, 0.25) is 10.0 Å². The molecule has 0 spiro atoms. The molecule has 1 heterocycles. The van der Waals surface area contributed by atoms with Crippen molar-refractivity contribution in [1.29, 1.82) is 0 Å². The fourth-order valence-electron chi connectivity index (χ4n) is 2.47. The zero-order valence-electron chi connectivity index (χ0n) is 11.7. The van der Waals surface area contributed by atoms with Crippen LogP contribution in [0.25, 0.3) is 0 Å². The second kappa shape index (κ2) is 7.87. The monoisotopic (exact) mass is 400 g/mol. The molecule has 1 aromatic carbocycles. The molecule has 1 aliphatic heterocycles. The van der Waals surface area contributed by atoms with E-state index < -0.39 is 15.8 Å². The molecule has 0 aromatic heterocycles. The average molecular weight is 402 g/mol. The summed E-state index contributed by atoms with van der Waals surface area (Å²) in [6.45, 7) is 1.79. The molecular weight excluding hydrogens is 383 g/mol. The van der Waals surface area contributed by atoms with Crippen molar-refractivity contribution in [3.63, 3.8) is 0 Å². The molecule has 0 bridgehead atoms. The molecule has 1 aromatic rings. The summed E-state index contributed by atoms with van der Waals surface area (Å²) in [5.74, 6) is -0.224. The Hall–Kier alpha value is -0.210. The number of hydrogen-bond acceptors (Lipinski definition) is 3. The summed E-state index contributed by atoms with van der Waals surface area (Å²) in [4.78, 5) is -0.243. The number of piperidine rings is 1. The second-order valence-electron chi connectivity index (χ2n) is 4.98. The Morgan fingerprint density at radius 3 is 2.52 bits per heavy atom. The number of halogens is 3. The van der Waals surface area contributed by atoms with E-state index in [1.54, 1.807) is 6.07 Å². The van der Waals surface area contributed by atoms with Gasteiger partial charge in [-0.2, -0.15) is 4.31 Å². The van der Waals surface area contributed by atoms with Crippen molar-refractivity contribution in [1.82, 2.24) is 9.62 Å².